The second-order valence-electron chi connectivity index (χ2n) is 3.59. The third-order valence-electron chi connectivity index (χ3n) is 2.21. The Kier molecular flexibility index (Phi) is 4.70. The zero-order valence-corrected chi connectivity index (χ0v) is 10.9. The van der Waals surface area contributed by atoms with E-state index in [-0.39, 0.29) is 29.3 Å². The van der Waals surface area contributed by atoms with Crippen molar-refractivity contribution >= 4 is 22.6 Å². The van der Waals surface area contributed by atoms with Crippen LogP contribution in [0.25, 0.3) is 0 Å². The number of hydrogen-bond acceptors (Lipinski definition) is 6. The van der Waals surface area contributed by atoms with Crippen molar-refractivity contribution in [3.05, 3.63) is 35.1 Å². The first-order chi connectivity index (χ1) is 9.70. The van der Waals surface area contributed by atoms with E-state index >= 15 is 0 Å². The molecule has 0 fully saturated rings. The Bertz CT molecular complexity index is 664. The smallest absolute Gasteiger partial charge is 0.257 e. The highest BCUT2D eigenvalue weighted by atomic mass is 32.1. The van der Waals surface area contributed by atoms with Crippen LogP contribution in [0.2, 0.25) is 0 Å². The Hall–Kier alpha value is -2.37. The molecule has 0 radical (unpaired) electrons. The molecule has 0 bridgehead atoms. The summed E-state index contributed by atoms with van der Waals surface area (Å²) in [5.41, 5.74) is 0.318. The number of aliphatic hydroxyl groups is 1. The molecule has 0 aliphatic carbocycles. The minimum atomic E-state index is -0.599. The molecule has 0 saturated heterocycles. The van der Waals surface area contributed by atoms with Gasteiger partial charge in [-0.1, -0.05) is 21.4 Å². The van der Waals surface area contributed by atoms with Crippen LogP contribution in [-0.4, -0.2) is 32.4 Å². The van der Waals surface area contributed by atoms with E-state index in [1.165, 1.54) is 12.1 Å². The van der Waals surface area contributed by atoms with E-state index in [1.54, 1.807) is 0 Å². The van der Waals surface area contributed by atoms with Crippen LogP contribution in [0.4, 0.5) is 9.52 Å². The molecule has 6 nitrogen and oxygen atoms in total. The Morgan fingerprint density at radius 3 is 3.00 bits per heavy atom. The average molecular weight is 292 g/mol. The number of hydrogen-bond donors (Lipinski definition) is 2. The van der Waals surface area contributed by atoms with Gasteiger partial charge in [0.25, 0.3) is 5.91 Å². The number of benzene rings is 1. The minimum Gasteiger partial charge on any atom is -0.395 e. The van der Waals surface area contributed by atoms with Crippen molar-refractivity contribution in [2.24, 2.45) is 0 Å². The molecule has 1 heterocycles. The van der Waals surface area contributed by atoms with Gasteiger partial charge >= 0.3 is 0 Å². The Balaban J connectivity index is 2.12. The van der Waals surface area contributed by atoms with Gasteiger partial charge in [-0.15, -0.1) is 0 Å². The van der Waals surface area contributed by atoms with Gasteiger partial charge in [0.05, 0.1) is 12.2 Å². The monoisotopic (exact) mass is 292 g/mol. The number of amides is 1. The maximum atomic E-state index is 13.7. The molecule has 1 aromatic carbocycles. The van der Waals surface area contributed by atoms with Gasteiger partial charge in [0.1, 0.15) is 5.82 Å². The molecule has 0 spiro atoms. The molecule has 1 aromatic heterocycles. The van der Waals surface area contributed by atoms with Gasteiger partial charge in [-0.2, -0.15) is 0 Å². The third-order valence-corrected chi connectivity index (χ3v) is 2.72. The van der Waals surface area contributed by atoms with E-state index in [0.717, 1.165) is 17.6 Å². The maximum absolute atomic E-state index is 13.7. The number of rotatable bonds is 3. The molecule has 8 heteroatoms. The number of anilines is 1. The number of aliphatic hydroxyl groups excluding tert-OH is 1. The molecule has 0 saturated carbocycles. The minimum absolute atomic E-state index is 0.0784. The van der Waals surface area contributed by atoms with Gasteiger partial charge in [-0.3, -0.25) is 10.1 Å². The third kappa shape index (κ3) is 3.57. The fourth-order valence-corrected chi connectivity index (χ4v) is 1.68. The van der Waals surface area contributed by atoms with Crippen LogP contribution in [0.5, 0.6) is 0 Å². The molecule has 20 heavy (non-hydrogen) atoms. The molecule has 0 aliphatic heterocycles. The van der Waals surface area contributed by atoms with Crippen molar-refractivity contribution in [1.29, 1.82) is 0 Å². The highest BCUT2D eigenvalue weighted by Gasteiger charge is 2.11. The molecule has 2 N–H and O–H groups in total. The van der Waals surface area contributed by atoms with Crippen LogP contribution in [0.3, 0.4) is 0 Å². The fraction of sp³-hybridized carbons (Fsp3) is 0.167. The van der Waals surface area contributed by atoms with Crippen molar-refractivity contribution in [2.75, 3.05) is 11.9 Å². The number of carbonyl (C=O) groups is 1. The first-order valence-corrected chi connectivity index (χ1v) is 6.33. The SMILES string of the molecule is O=C(Nc1nnns1)c1ccc(C#CCCO)c(F)c1. The molecule has 102 valence electrons. The first-order valence-electron chi connectivity index (χ1n) is 5.56. The van der Waals surface area contributed by atoms with E-state index < -0.39 is 11.7 Å². The topological polar surface area (TPSA) is 88.0 Å². The lowest BCUT2D eigenvalue weighted by Gasteiger charge is -2.02. The predicted molar refractivity (Wildman–Crippen MR) is 70.6 cm³/mol. The van der Waals surface area contributed by atoms with E-state index in [1.807, 2.05) is 0 Å². The molecular weight excluding hydrogens is 283 g/mol. The number of carbonyl (C=O) groups excluding carboxylic acids is 1. The van der Waals surface area contributed by atoms with Gasteiger partial charge in [0.2, 0.25) is 5.13 Å². The van der Waals surface area contributed by atoms with Gasteiger partial charge in [-0.25, -0.2) is 4.39 Å². The number of nitrogens with one attached hydrogen (secondary N) is 1. The number of nitrogens with zero attached hydrogens (tertiary/aromatic N) is 3. The molecule has 0 unspecified atom stereocenters. The first kappa shape index (κ1) is 14.0. The van der Waals surface area contributed by atoms with E-state index in [4.69, 9.17) is 5.11 Å². The van der Waals surface area contributed by atoms with Crippen LogP contribution in [0, 0.1) is 17.7 Å². The molecule has 1 amide bonds. The second kappa shape index (κ2) is 6.70. The van der Waals surface area contributed by atoms with Crippen LogP contribution >= 0.6 is 11.5 Å². The van der Waals surface area contributed by atoms with Gasteiger partial charge in [0.15, 0.2) is 0 Å². The summed E-state index contributed by atoms with van der Waals surface area (Å²) < 4.78 is 17.2. The number of aromatic nitrogens is 3. The largest absolute Gasteiger partial charge is 0.395 e. The van der Waals surface area contributed by atoms with Gasteiger partial charge in [0, 0.05) is 23.5 Å². The standard InChI is InChI=1S/C12H9FN4O2S/c13-10-7-9(5-4-8(10)3-1-2-6-18)11(19)14-12-15-16-17-20-12/h4-5,7,18H,2,6H2,(H,14,15,17,19). The van der Waals surface area contributed by atoms with Crippen LogP contribution in [0.15, 0.2) is 18.2 Å². The quantitative estimate of drug-likeness (QED) is 0.826. The fourth-order valence-electron chi connectivity index (χ4n) is 1.32. The summed E-state index contributed by atoms with van der Waals surface area (Å²) in [6.07, 6.45) is 0.270. The van der Waals surface area contributed by atoms with Crippen molar-refractivity contribution in [2.45, 2.75) is 6.42 Å². The summed E-state index contributed by atoms with van der Waals surface area (Å²) in [6.45, 7) is -0.0784. The lowest BCUT2D eigenvalue weighted by atomic mass is 10.1. The molecule has 0 atom stereocenters. The van der Waals surface area contributed by atoms with Gasteiger partial charge in [-0.05, 0) is 23.4 Å². The Labute approximate surface area is 117 Å². The predicted octanol–water partition coefficient (Wildman–Crippen LogP) is 1.06. The van der Waals surface area contributed by atoms with Crippen LogP contribution in [0.1, 0.15) is 22.3 Å². The lowest BCUT2D eigenvalue weighted by Crippen LogP contribution is -2.12. The highest BCUT2D eigenvalue weighted by molar-refractivity contribution is 7.09. The van der Waals surface area contributed by atoms with Crippen LogP contribution in [-0.2, 0) is 0 Å². The summed E-state index contributed by atoms with van der Waals surface area (Å²) in [4.78, 5) is 11.8. The molecule has 2 aromatic rings. The van der Waals surface area contributed by atoms with Crippen molar-refractivity contribution in [3.63, 3.8) is 0 Å². The second-order valence-corrected chi connectivity index (χ2v) is 4.32. The molecular formula is C12H9FN4O2S. The zero-order valence-electron chi connectivity index (χ0n) is 10.1. The Morgan fingerprint density at radius 2 is 2.35 bits per heavy atom. The van der Waals surface area contributed by atoms with Gasteiger partial charge < -0.3 is 5.11 Å². The van der Waals surface area contributed by atoms with Crippen molar-refractivity contribution in [1.82, 2.24) is 14.8 Å². The number of halogens is 1. The zero-order chi connectivity index (χ0) is 14.4. The summed E-state index contributed by atoms with van der Waals surface area (Å²) in [6, 6.07) is 3.95. The lowest BCUT2D eigenvalue weighted by molar-refractivity contribution is 0.102. The average Bonchev–Trinajstić information content (AvgIpc) is 2.93. The van der Waals surface area contributed by atoms with Crippen LogP contribution < -0.4 is 5.32 Å². The molecule has 2 rings (SSSR count). The normalized spacial score (nSPS) is 9.70. The maximum Gasteiger partial charge on any atom is 0.257 e. The van der Waals surface area contributed by atoms with Crippen molar-refractivity contribution in [3.8, 4) is 11.8 Å². The Morgan fingerprint density at radius 1 is 1.50 bits per heavy atom. The summed E-state index contributed by atoms with van der Waals surface area (Å²) >= 11 is 0.923. The van der Waals surface area contributed by atoms with E-state index in [0.29, 0.717) is 0 Å². The summed E-state index contributed by atoms with van der Waals surface area (Å²) in [7, 11) is 0. The summed E-state index contributed by atoms with van der Waals surface area (Å²) in [5.74, 6) is 4.09. The van der Waals surface area contributed by atoms with E-state index in [2.05, 4.69) is 32.0 Å². The molecule has 0 aliphatic rings. The summed E-state index contributed by atoms with van der Waals surface area (Å²) in [5, 5.41) is 18.2. The highest BCUT2D eigenvalue weighted by Crippen LogP contribution is 2.12. The van der Waals surface area contributed by atoms with E-state index in [9.17, 15) is 9.18 Å². The van der Waals surface area contributed by atoms with Crippen molar-refractivity contribution < 1.29 is 14.3 Å².